The summed E-state index contributed by atoms with van der Waals surface area (Å²) in [7, 11) is 1.87. The number of likely N-dealkylation sites (tertiary alicyclic amines) is 1. The predicted octanol–water partition coefficient (Wildman–Crippen LogP) is 3.91. The number of fused-ring (bicyclic) bond motifs is 2. The van der Waals surface area contributed by atoms with Crippen molar-refractivity contribution in [3.63, 3.8) is 0 Å². The molecule has 6 nitrogen and oxygen atoms in total. The molecule has 7 heteroatoms. The molecule has 2 aromatic carbocycles. The lowest BCUT2D eigenvalue weighted by Crippen LogP contribution is -2.42. The van der Waals surface area contributed by atoms with Crippen LogP contribution < -0.4 is 9.47 Å². The first-order valence-corrected chi connectivity index (χ1v) is 11.7. The van der Waals surface area contributed by atoms with Gasteiger partial charge in [0.2, 0.25) is 5.91 Å². The third-order valence-corrected chi connectivity index (χ3v) is 7.18. The third-order valence-electron chi connectivity index (χ3n) is 5.98. The summed E-state index contributed by atoms with van der Waals surface area (Å²) in [5, 5.41) is 1.20. The molecule has 2 aliphatic heterocycles. The van der Waals surface area contributed by atoms with Gasteiger partial charge in [0.15, 0.2) is 11.5 Å². The number of nitrogens with zero attached hydrogens (tertiary/aromatic N) is 3. The first kappa shape index (κ1) is 20.3. The normalized spacial score (nSPS) is 18.8. The summed E-state index contributed by atoms with van der Waals surface area (Å²) < 4.78 is 12.5. The number of hydrogen-bond acceptors (Lipinski definition) is 6. The number of rotatable bonds is 5. The summed E-state index contributed by atoms with van der Waals surface area (Å²) in [5.74, 6) is 2.08. The standard InChI is InChI=1S/C24H27N3O3S/c1-26(14-17-8-9-20-21(13-17)30-12-11-29-20)23(28)16-27-10-4-5-18(15-27)24-25-19-6-2-3-7-22(19)31-24/h2-3,6-9,13,18H,4-5,10-12,14-16H2,1H3/t18-/m1/s1. The Morgan fingerprint density at radius 3 is 2.90 bits per heavy atom. The second-order valence-electron chi connectivity index (χ2n) is 8.32. The number of carbonyl (C=O) groups excluding carboxylic acids is 1. The highest BCUT2D eigenvalue weighted by Crippen LogP contribution is 2.33. The van der Waals surface area contributed by atoms with Gasteiger partial charge in [-0.2, -0.15) is 0 Å². The summed E-state index contributed by atoms with van der Waals surface area (Å²) >= 11 is 1.79. The minimum Gasteiger partial charge on any atom is -0.486 e. The van der Waals surface area contributed by atoms with Gasteiger partial charge in [-0.1, -0.05) is 18.2 Å². The molecule has 0 N–H and O–H groups in total. The first-order valence-electron chi connectivity index (χ1n) is 10.9. The maximum Gasteiger partial charge on any atom is 0.236 e. The first-order chi connectivity index (χ1) is 15.2. The molecule has 0 bridgehead atoms. The number of thiazole rings is 1. The summed E-state index contributed by atoms with van der Waals surface area (Å²) in [6.45, 7) is 4.01. The Hall–Kier alpha value is -2.64. The number of benzene rings is 2. The van der Waals surface area contributed by atoms with Crippen molar-refractivity contribution < 1.29 is 14.3 Å². The molecule has 0 aliphatic carbocycles. The van der Waals surface area contributed by atoms with Gasteiger partial charge in [0.25, 0.3) is 0 Å². The van der Waals surface area contributed by atoms with E-state index in [1.165, 1.54) is 9.71 Å². The summed E-state index contributed by atoms with van der Waals surface area (Å²) in [5.41, 5.74) is 2.13. The van der Waals surface area contributed by atoms with Crippen molar-refractivity contribution in [1.82, 2.24) is 14.8 Å². The van der Waals surface area contributed by atoms with E-state index in [1.54, 1.807) is 16.2 Å². The number of piperidine rings is 1. The van der Waals surface area contributed by atoms with Crippen LogP contribution in [-0.2, 0) is 11.3 Å². The topological polar surface area (TPSA) is 54.9 Å². The number of para-hydroxylation sites is 1. The van der Waals surface area contributed by atoms with Crippen molar-refractivity contribution in [2.45, 2.75) is 25.3 Å². The van der Waals surface area contributed by atoms with Crippen molar-refractivity contribution in [3.8, 4) is 11.5 Å². The molecule has 1 atom stereocenters. The van der Waals surface area contributed by atoms with Gasteiger partial charge in [0.05, 0.1) is 21.8 Å². The van der Waals surface area contributed by atoms with Crippen LogP contribution >= 0.6 is 11.3 Å². The number of aromatic nitrogens is 1. The molecule has 0 unspecified atom stereocenters. The molecular weight excluding hydrogens is 410 g/mol. The van der Waals surface area contributed by atoms with Crippen molar-refractivity contribution in [2.24, 2.45) is 0 Å². The van der Waals surface area contributed by atoms with Crippen LogP contribution in [0.15, 0.2) is 42.5 Å². The van der Waals surface area contributed by atoms with Crippen LogP contribution in [0.5, 0.6) is 11.5 Å². The molecule has 0 radical (unpaired) electrons. The largest absolute Gasteiger partial charge is 0.486 e. The summed E-state index contributed by atoms with van der Waals surface area (Å²) in [4.78, 5) is 21.8. The molecule has 1 saturated heterocycles. The van der Waals surface area contributed by atoms with E-state index in [1.807, 2.05) is 31.3 Å². The Kier molecular flexibility index (Phi) is 5.78. The van der Waals surface area contributed by atoms with Crippen molar-refractivity contribution >= 4 is 27.5 Å². The number of ether oxygens (including phenoxy) is 2. The quantitative estimate of drug-likeness (QED) is 0.606. The van der Waals surface area contributed by atoms with Crippen LogP contribution in [0.3, 0.4) is 0 Å². The molecule has 31 heavy (non-hydrogen) atoms. The van der Waals surface area contributed by atoms with E-state index in [4.69, 9.17) is 14.5 Å². The fourth-order valence-corrected chi connectivity index (χ4v) is 5.42. The molecule has 1 aromatic heterocycles. The zero-order valence-corrected chi connectivity index (χ0v) is 18.6. The van der Waals surface area contributed by atoms with Gasteiger partial charge < -0.3 is 14.4 Å². The monoisotopic (exact) mass is 437 g/mol. The summed E-state index contributed by atoms with van der Waals surface area (Å²) in [6.07, 6.45) is 2.23. The van der Waals surface area contributed by atoms with E-state index in [0.29, 0.717) is 32.2 Å². The van der Waals surface area contributed by atoms with Gasteiger partial charge in [-0.25, -0.2) is 4.98 Å². The van der Waals surface area contributed by atoms with Crippen LogP contribution in [-0.4, -0.2) is 60.6 Å². The number of likely N-dealkylation sites (N-methyl/N-ethyl adjacent to an activating group) is 1. The number of amides is 1. The molecule has 0 saturated carbocycles. The van der Waals surface area contributed by atoms with E-state index in [-0.39, 0.29) is 5.91 Å². The van der Waals surface area contributed by atoms with Crippen LogP contribution in [0.4, 0.5) is 0 Å². The predicted molar refractivity (Wildman–Crippen MR) is 122 cm³/mol. The van der Waals surface area contributed by atoms with Gasteiger partial charge in [-0.05, 0) is 49.2 Å². The Balaban J connectivity index is 1.19. The molecule has 1 fully saturated rings. The van der Waals surface area contributed by atoms with Gasteiger partial charge in [-0.15, -0.1) is 11.3 Å². The highest BCUT2D eigenvalue weighted by Gasteiger charge is 2.26. The lowest BCUT2D eigenvalue weighted by Gasteiger charge is -2.32. The average Bonchev–Trinajstić information content (AvgIpc) is 3.23. The highest BCUT2D eigenvalue weighted by atomic mass is 32.1. The van der Waals surface area contributed by atoms with Crippen LogP contribution in [0.1, 0.15) is 29.3 Å². The fraction of sp³-hybridized carbons (Fsp3) is 0.417. The van der Waals surface area contributed by atoms with Crippen LogP contribution in [0.2, 0.25) is 0 Å². The van der Waals surface area contributed by atoms with Crippen LogP contribution in [0.25, 0.3) is 10.2 Å². The van der Waals surface area contributed by atoms with Crippen molar-refractivity contribution in [2.75, 3.05) is 39.9 Å². The molecule has 3 heterocycles. The lowest BCUT2D eigenvalue weighted by atomic mass is 9.98. The zero-order chi connectivity index (χ0) is 21.2. The smallest absolute Gasteiger partial charge is 0.236 e. The molecule has 0 spiro atoms. The molecule has 162 valence electrons. The lowest BCUT2D eigenvalue weighted by molar-refractivity contribution is -0.131. The SMILES string of the molecule is CN(Cc1ccc2c(c1)OCCO2)C(=O)CN1CCC[C@@H](c2nc3ccccc3s2)C1. The van der Waals surface area contributed by atoms with Crippen molar-refractivity contribution in [1.29, 1.82) is 0 Å². The van der Waals surface area contributed by atoms with Crippen LogP contribution in [0, 0.1) is 0 Å². The molecule has 1 amide bonds. The minimum absolute atomic E-state index is 0.139. The van der Waals surface area contributed by atoms with E-state index >= 15 is 0 Å². The average molecular weight is 438 g/mol. The maximum atomic E-state index is 12.9. The zero-order valence-electron chi connectivity index (χ0n) is 17.8. The fourth-order valence-electron chi connectivity index (χ4n) is 4.33. The van der Waals surface area contributed by atoms with Gasteiger partial charge in [0.1, 0.15) is 13.2 Å². The Bertz CT molecular complexity index is 1050. The Labute approximate surface area is 186 Å². The van der Waals surface area contributed by atoms with Gasteiger partial charge in [-0.3, -0.25) is 9.69 Å². The van der Waals surface area contributed by atoms with E-state index < -0.39 is 0 Å². The minimum atomic E-state index is 0.139. The molecule has 2 aliphatic rings. The molecule has 5 rings (SSSR count). The molecular formula is C24H27N3O3S. The van der Waals surface area contributed by atoms with E-state index in [2.05, 4.69) is 23.1 Å². The second-order valence-corrected chi connectivity index (χ2v) is 9.38. The second kappa shape index (κ2) is 8.85. The Morgan fingerprint density at radius 2 is 2.03 bits per heavy atom. The summed E-state index contributed by atoms with van der Waals surface area (Å²) in [6, 6.07) is 14.2. The Morgan fingerprint density at radius 1 is 1.19 bits per heavy atom. The van der Waals surface area contributed by atoms with E-state index in [9.17, 15) is 4.79 Å². The van der Waals surface area contributed by atoms with Crippen molar-refractivity contribution in [3.05, 3.63) is 53.0 Å². The number of carbonyl (C=O) groups is 1. The third kappa shape index (κ3) is 4.52. The maximum absolute atomic E-state index is 12.9. The molecule has 3 aromatic rings. The van der Waals surface area contributed by atoms with Gasteiger partial charge >= 0.3 is 0 Å². The highest BCUT2D eigenvalue weighted by molar-refractivity contribution is 7.18. The number of hydrogen-bond donors (Lipinski definition) is 0. The van der Waals surface area contributed by atoms with Gasteiger partial charge in [0, 0.05) is 26.1 Å². The van der Waals surface area contributed by atoms with E-state index in [0.717, 1.165) is 48.5 Å².